The van der Waals surface area contributed by atoms with Crippen LogP contribution < -0.4 is 0 Å². The van der Waals surface area contributed by atoms with Crippen molar-refractivity contribution in [3.8, 4) is 0 Å². The molecule has 1 aliphatic rings. The van der Waals surface area contributed by atoms with Gasteiger partial charge in [-0.25, -0.2) is 0 Å². The van der Waals surface area contributed by atoms with E-state index >= 15 is 0 Å². The lowest BCUT2D eigenvalue weighted by Gasteiger charge is -1.91. The van der Waals surface area contributed by atoms with Crippen LogP contribution in [0.15, 0.2) is 34.8 Å². The van der Waals surface area contributed by atoms with E-state index in [1.807, 2.05) is 6.08 Å². The fourth-order valence-corrected chi connectivity index (χ4v) is 1.10. The van der Waals surface area contributed by atoms with Crippen molar-refractivity contribution in [3.63, 3.8) is 0 Å². The van der Waals surface area contributed by atoms with E-state index in [1.54, 1.807) is 0 Å². The monoisotopic (exact) mass is 152 g/mol. The molecule has 0 saturated heterocycles. The fraction of sp³-hybridized carbons (Fsp3) is 0.333. The molecule has 0 N–H and O–H groups in total. The van der Waals surface area contributed by atoms with E-state index in [0.29, 0.717) is 0 Å². The van der Waals surface area contributed by atoms with E-state index in [-0.39, 0.29) is 0 Å². The minimum absolute atomic E-state index is 1.02. The molecule has 1 aliphatic carbocycles. The van der Waals surface area contributed by atoms with Gasteiger partial charge in [-0.1, -0.05) is 30.7 Å². The van der Waals surface area contributed by atoms with E-state index in [0.717, 1.165) is 17.7 Å². The Balaban J connectivity index is 2.69. The second-order valence-corrected chi connectivity index (χ2v) is 2.85. The van der Waals surface area contributed by atoms with Crippen molar-refractivity contribution < 1.29 is 0 Å². The highest BCUT2D eigenvalue weighted by molar-refractivity contribution is 7.84. The highest BCUT2D eigenvalue weighted by Gasteiger charge is 1.91. The molecular formula is C9H12S. The minimum atomic E-state index is 1.02. The number of allylic oxidation sites excluding steroid dienone is 5. The molecule has 0 atom stereocenters. The number of thiol groups is 1. The van der Waals surface area contributed by atoms with Gasteiger partial charge in [-0.15, -0.1) is 12.6 Å². The van der Waals surface area contributed by atoms with E-state index in [1.165, 1.54) is 5.57 Å². The van der Waals surface area contributed by atoms with Gasteiger partial charge in [0.1, 0.15) is 0 Å². The van der Waals surface area contributed by atoms with Crippen molar-refractivity contribution in [2.45, 2.75) is 19.8 Å². The predicted molar refractivity (Wildman–Crippen MR) is 49.2 cm³/mol. The lowest BCUT2D eigenvalue weighted by molar-refractivity contribution is 1.13. The number of hydrogen-bond donors (Lipinski definition) is 1. The summed E-state index contributed by atoms with van der Waals surface area (Å²) < 4.78 is 0. The molecule has 0 bridgehead atoms. The van der Waals surface area contributed by atoms with Gasteiger partial charge in [-0.3, -0.25) is 0 Å². The van der Waals surface area contributed by atoms with Gasteiger partial charge in [0.15, 0.2) is 0 Å². The molecule has 0 amide bonds. The molecule has 0 aliphatic heterocycles. The van der Waals surface area contributed by atoms with Gasteiger partial charge in [0.25, 0.3) is 0 Å². The summed E-state index contributed by atoms with van der Waals surface area (Å²) in [7, 11) is 0. The van der Waals surface area contributed by atoms with E-state index in [4.69, 9.17) is 0 Å². The Kier molecular flexibility index (Phi) is 2.82. The first-order valence-electron chi connectivity index (χ1n) is 3.59. The van der Waals surface area contributed by atoms with E-state index in [2.05, 4.69) is 37.8 Å². The van der Waals surface area contributed by atoms with Gasteiger partial charge in [0.05, 0.1) is 0 Å². The summed E-state index contributed by atoms with van der Waals surface area (Å²) in [6.45, 7) is 2.17. The zero-order valence-corrected chi connectivity index (χ0v) is 7.07. The maximum absolute atomic E-state index is 4.25. The summed E-state index contributed by atoms with van der Waals surface area (Å²) in [5.74, 6) is 0. The van der Waals surface area contributed by atoms with Crippen molar-refractivity contribution in [3.05, 3.63) is 34.8 Å². The van der Waals surface area contributed by atoms with Crippen LogP contribution in [0, 0.1) is 0 Å². The van der Waals surface area contributed by atoms with Crippen LogP contribution in [0.25, 0.3) is 0 Å². The van der Waals surface area contributed by atoms with E-state index < -0.39 is 0 Å². The summed E-state index contributed by atoms with van der Waals surface area (Å²) in [5, 5.41) is 0. The van der Waals surface area contributed by atoms with Gasteiger partial charge in [-0.2, -0.15) is 0 Å². The van der Waals surface area contributed by atoms with Crippen LogP contribution in [-0.4, -0.2) is 0 Å². The molecule has 0 fully saturated rings. The fourth-order valence-electron chi connectivity index (χ4n) is 0.922. The number of hydrogen-bond acceptors (Lipinski definition) is 1. The highest BCUT2D eigenvalue weighted by atomic mass is 32.1. The smallest absolute Gasteiger partial charge is 0.000322 e. The van der Waals surface area contributed by atoms with Crippen LogP contribution in [0.3, 0.4) is 0 Å². The molecule has 0 spiro atoms. The third-order valence-electron chi connectivity index (χ3n) is 1.58. The molecule has 0 saturated carbocycles. The Hall–Kier alpha value is -0.430. The zero-order chi connectivity index (χ0) is 7.40. The van der Waals surface area contributed by atoms with Crippen LogP contribution in [-0.2, 0) is 0 Å². The molecule has 54 valence electrons. The van der Waals surface area contributed by atoms with Gasteiger partial charge < -0.3 is 0 Å². The second kappa shape index (κ2) is 3.67. The predicted octanol–water partition coefficient (Wildman–Crippen LogP) is 3.10. The Morgan fingerprint density at radius 3 is 2.90 bits per heavy atom. The largest absolute Gasteiger partial charge is 0.144 e. The topological polar surface area (TPSA) is 0 Å². The SMILES string of the molecule is CCC1=CCC=C(S)C=C1. The Morgan fingerprint density at radius 2 is 2.20 bits per heavy atom. The molecule has 0 radical (unpaired) electrons. The molecule has 0 aromatic carbocycles. The average molecular weight is 152 g/mol. The zero-order valence-electron chi connectivity index (χ0n) is 6.17. The van der Waals surface area contributed by atoms with Crippen molar-refractivity contribution in [2.75, 3.05) is 0 Å². The van der Waals surface area contributed by atoms with Crippen molar-refractivity contribution in [1.82, 2.24) is 0 Å². The van der Waals surface area contributed by atoms with Gasteiger partial charge in [-0.05, 0) is 18.9 Å². The lowest BCUT2D eigenvalue weighted by Crippen LogP contribution is -1.70. The first-order valence-corrected chi connectivity index (χ1v) is 4.04. The molecule has 1 rings (SSSR count). The molecule has 0 aromatic rings. The van der Waals surface area contributed by atoms with Crippen molar-refractivity contribution in [2.24, 2.45) is 0 Å². The van der Waals surface area contributed by atoms with Crippen LogP contribution in [0.2, 0.25) is 0 Å². The minimum Gasteiger partial charge on any atom is -0.144 e. The first-order chi connectivity index (χ1) is 4.83. The van der Waals surface area contributed by atoms with Gasteiger partial charge >= 0.3 is 0 Å². The molecule has 0 unspecified atom stereocenters. The molecule has 0 heterocycles. The molecule has 1 heteroatoms. The van der Waals surface area contributed by atoms with Crippen LogP contribution in [0.5, 0.6) is 0 Å². The van der Waals surface area contributed by atoms with Gasteiger partial charge in [0, 0.05) is 4.91 Å². The Morgan fingerprint density at radius 1 is 1.40 bits per heavy atom. The maximum atomic E-state index is 4.25. The van der Waals surface area contributed by atoms with Crippen LogP contribution >= 0.6 is 12.6 Å². The molecular weight excluding hydrogens is 140 g/mol. The van der Waals surface area contributed by atoms with Crippen molar-refractivity contribution >= 4 is 12.6 Å². The summed E-state index contributed by atoms with van der Waals surface area (Å²) in [4.78, 5) is 1.07. The summed E-state index contributed by atoms with van der Waals surface area (Å²) in [6, 6.07) is 0. The van der Waals surface area contributed by atoms with Crippen LogP contribution in [0.4, 0.5) is 0 Å². The third-order valence-corrected chi connectivity index (χ3v) is 1.92. The normalized spacial score (nSPS) is 17.8. The quantitative estimate of drug-likeness (QED) is 0.548. The Labute approximate surface area is 67.7 Å². The van der Waals surface area contributed by atoms with Gasteiger partial charge in [0.2, 0.25) is 0 Å². The Bertz CT molecular complexity index is 197. The highest BCUT2D eigenvalue weighted by Crippen LogP contribution is 2.14. The molecule has 10 heavy (non-hydrogen) atoms. The number of rotatable bonds is 1. The maximum Gasteiger partial charge on any atom is 0.000322 e. The van der Waals surface area contributed by atoms with E-state index in [9.17, 15) is 0 Å². The standard InChI is InChI=1S/C9H12S/c1-2-8-4-3-5-9(10)7-6-8/h4-7,10H,2-3H2,1H3. The molecule has 0 nitrogen and oxygen atoms in total. The lowest BCUT2D eigenvalue weighted by atomic mass is 10.2. The van der Waals surface area contributed by atoms with Crippen molar-refractivity contribution in [1.29, 1.82) is 0 Å². The average Bonchev–Trinajstić information content (AvgIpc) is 2.14. The summed E-state index contributed by atoms with van der Waals surface area (Å²) in [5.41, 5.74) is 1.40. The second-order valence-electron chi connectivity index (χ2n) is 2.33. The first kappa shape index (κ1) is 7.67. The molecule has 0 aromatic heterocycles. The summed E-state index contributed by atoms with van der Waals surface area (Å²) in [6.07, 6.45) is 10.7. The third kappa shape index (κ3) is 2.07. The van der Waals surface area contributed by atoms with Crippen LogP contribution in [0.1, 0.15) is 19.8 Å². The summed E-state index contributed by atoms with van der Waals surface area (Å²) >= 11 is 4.25.